The summed E-state index contributed by atoms with van der Waals surface area (Å²) in [5.74, 6) is 0. The number of para-hydroxylation sites is 2. The molecular weight excluding hydrogens is 530 g/mol. The standard InChI is InChI=1S/C38H25N3O2/c1-2-8-24(9-3-1)25-15-16-27-21-28(18-17-26(27)20-25)41(33-13-6-11-30-31-12-7-19-40-38(31)43-36(30)33)34-23-39-22-32-29-10-4-5-14-35(29)42-37(32)34/h1-22,39H,23H2. The Bertz CT molecular complexity index is 2470. The highest BCUT2D eigenvalue weighted by molar-refractivity contribution is 6.10. The maximum Gasteiger partial charge on any atom is 0.227 e. The summed E-state index contributed by atoms with van der Waals surface area (Å²) in [6.45, 7) is 0.590. The van der Waals surface area contributed by atoms with Gasteiger partial charge in [0.05, 0.1) is 17.9 Å². The summed E-state index contributed by atoms with van der Waals surface area (Å²) in [5, 5.41) is 10.0. The molecule has 8 aromatic rings. The molecule has 1 aliphatic heterocycles. The summed E-state index contributed by atoms with van der Waals surface area (Å²) in [6, 6.07) is 42.3. The number of nitrogens with zero attached hydrogens (tertiary/aromatic N) is 2. The van der Waals surface area contributed by atoms with E-state index in [9.17, 15) is 0 Å². The molecule has 5 aromatic carbocycles. The largest absolute Gasteiger partial charge is 0.454 e. The molecule has 0 spiro atoms. The lowest BCUT2D eigenvalue weighted by atomic mass is 10.0. The number of pyridine rings is 1. The molecule has 0 amide bonds. The van der Waals surface area contributed by atoms with Crippen molar-refractivity contribution in [2.24, 2.45) is 0 Å². The van der Waals surface area contributed by atoms with Crippen LogP contribution in [0.15, 0.2) is 136 Å². The molecule has 1 N–H and O–H groups in total. The van der Waals surface area contributed by atoms with Crippen LogP contribution in [-0.2, 0) is 0 Å². The van der Waals surface area contributed by atoms with Gasteiger partial charge in [-0.15, -0.1) is 0 Å². The summed E-state index contributed by atoms with van der Waals surface area (Å²) in [7, 11) is 0. The maximum atomic E-state index is 6.56. The number of hydrogen-bond donors (Lipinski definition) is 1. The Morgan fingerprint density at radius 1 is 0.651 bits per heavy atom. The van der Waals surface area contributed by atoms with E-state index in [0.717, 1.165) is 60.4 Å². The van der Waals surface area contributed by atoms with Crippen LogP contribution in [0.1, 0.15) is 0 Å². The molecule has 1 aliphatic rings. The SMILES string of the molecule is C1=c2c(oc3ccccc23)=C(N(c2ccc3cc(-c4ccccc4)ccc3c2)c2cccc3c2oc2ncccc23)CN1. The third kappa shape index (κ3) is 3.75. The smallest absolute Gasteiger partial charge is 0.227 e. The Balaban J connectivity index is 1.32. The molecule has 0 saturated carbocycles. The van der Waals surface area contributed by atoms with Crippen molar-refractivity contribution < 1.29 is 8.83 Å². The maximum absolute atomic E-state index is 6.56. The molecule has 9 rings (SSSR count). The first-order valence-corrected chi connectivity index (χ1v) is 14.4. The van der Waals surface area contributed by atoms with Crippen molar-refractivity contribution in [3.05, 3.63) is 138 Å². The third-order valence-electron chi connectivity index (χ3n) is 8.37. The number of rotatable bonds is 4. The highest BCUT2D eigenvalue weighted by Gasteiger charge is 2.24. The summed E-state index contributed by atoms with van der Waals surface area (Å²) in [4.78, 5) is 6.79. The van der Waals surface area contributed by atoms with E-state index < -0.39 is 0 Å². The van der Waals surface area contributed by atoms with Gasteiger partial charge in [-0.2, -0.15) is 0 Å². The topological polar surface area (TPSA) is 54.4 Å². The molecule has 5 nitrogen and oxygen atoms in total. The van der Waals surface area contributed by atoms with E-state index >= 15 is 0 Å². The zero-order valence-electron chi connectivity index (χ0n) is 23.1. The number of hydrogen-bond acceptors (Lipinski definition) is 5. The Morgan fingerprint density at radius 3 is 2.42 bits per heavy atom. The van der Waals surface area contributed by atoms with Crippen LogP contribution in [0.2, 0.25) is 0 Å². The predicted molar refractivity (Wildman–Crippen MR) is 174 cm³/mol. The zero-order chi connectivity index (χ0) is 28.3. The van der Waals surface area contributed by atoms with Crippen molar-refractivity contribution in [1.82, 2.24) is 10.3 Å². The molecule has 0 atom stereocenters. The molecule has 3 aromatic heterocycles. The van der Waals surface area contributed by atoms with Crippen LogP contribution in [-0.4, -0.2) is 11.5 Å². The van der Waals surface area contributed by atoms with Crippen molar-refractivity contribution in [2.45, 2.75) is 0 Å². The average Bonchev–Trinajstić information content (AvgIpc) is 3.65. The van der Waals surface area contributed by atoms with Gasteiger partial charge in [0.1, 0.15) is 5.58 Å². The lowest BCUT2D eigenvalue weighted by Gasteiger charge is -2.28. The van der Waals surface area contributed by atoms with Crippen LogP contribution in [0.5, 0.6) is 0 Å². The summed E-state index contributed by atoms with van der Waals surface area (Å²) < 4.78 is 13.0. The van der Waals surface area contributed by atoms with E-state index in [1.165, 1.54) is 16.5 Å². The Hall–Kier alpha value is -5.81. The molecule has 0 saturated heterocycles. The second-order valence-electron chi connectivity index (χ2n) is 10.9. The third-order valence-corrected chi connectivity index (χ3v) is 8.37. The van der Waals surface area contributed by atoms with Gasteiger partial charge in [0.25, 0.3) is 0 Å². The van der Waals surface area contributed by atoms with Crippen molar-refractivity contribution in [3.63, 3.8) is 0 Å². The lowest BCUT2D eigenvalue weighted by molar-refractivity contribution is 0.566. The van der Waals surface area contributed by atoms with E-state index in [4.69, 9.17) is 8.83 Å². The molecule has 0 bridgehead atoms. The van der Waals surface area contributed by atoms with Gasteiger partial charge < -0.3 is 19.1 Å². The van der Waals surface area contributed by atoms with Crippen LogP contribution >= 0.6 is 0 Å². The first-order chi connectivity index (χ1) is 21.3. The normalized spacial score (nSPS) is 12.9. The van der Waals surface area contributed by atoms with Gasteiger partial charge in [0.15, 0.2) is 11.0 Å². The van der Waals surface area contributed by atoms with Crippen LogP contribution in [0.4, 0.5) is 11.4 Å². The highest BCUT2D eigenvalue weighted by Crippen LogP contribution is 2.40. The van der Waals surface area contributed by atoms with Crippen molar-refractivity contribution in [2.75, 3.05) is 11.4 Å². The second kappa shape index (κ2) is 9.36. The number of benzene rings is 5. The molecular formula is C38H25N3O2. The lowest BCUT2D eigenvalue weighted by Crippen LogP contribution is -2.40. The molecule has 5 heteroatoms. The monoisotopic (exact) mass is 555 g/mol. The van der Waals surface area contributed by atoms with E-state index in [1.807, 2.05) is 30.3 Å². The highest BCUT2D eigenvalue weighted by atomic mass is 16.3. The van der Waals surface area contributed by atoms with E-state index in [0.29, 0.717) is 12.3 Å². The number of nitrogens with one attached hydrogen (secondary N) is 1. The molecule has 204 valence electrons. The van der Waals surface area contributed by atoms with Crippen LogP contribution in [0.3, 0.4) is 0 Å². The fraction of sp³-hybridized carbons (Fsp3) is 0.0263. The van der Waals surface area contributed by atoms with Crippen molar-refractivity contribution >= 4 is 67.1 Å². The first-order valence-electron chi connectivity index (χ1n) is 14.4. The minimum absolute atomic E-state index is 0.590. The van der Waals surface area contributed by atoms with Crippen LogP contribution in [0, 0.1) is 0 Å². The fourth-order valence-corrected chi connectivity index (χ4v) is 6.35. The van der Waals surface area contributed by atoms with Gasteiger partial charge in [-0.05, 0) is 64.4 Å². The van der Waals surface area contributed by atoms with Gasteiger partial charge in [0, 0.05) is 39.5 Å². The molecule has 0 fully saturated rings. The van der Waals surface area contributed by atoms with Gasteiger partial charge in [-0.1, -0.05) is 78.9 Å². The van der Waals surface area contributed by atoms with Crippen molar-refractivity contribution in [3.8, 4) is 11.1 Å². The Labute approximate surface area is 246 Å². The van der Waals surface area contributed by atoms with Gasteiger partial charge >= 0.3 is 0 Å². The van der Waals surface area contributed by atoms with E-state index in [2.05, 4.69) is 112 Å². The minimum Gasteiger partial charge on any atom is -0.454 e. The Morgan fingerprint density at radius 2 is 1.47 bits per heavy atom. The quantitative estimate of drug-likeness (QED) is 0.240. The van der Waals surface area contributed by atoms with Gasteiger partial charge in [0.2, 0.25) is 5.71 Å². The molecule has 43 heavy (non-hydrogen) atoms. The van der Waals surface area contributed by atoms with E-state index in [-0.39, 0.29) is 0 Å². The molecule has 0 radical (unpaired) electrons. The molecule has 4 heterocycles. The second-order valence-corrected chi connectivity index (χ2v) is 10.9. The first kappa shape index (κ1) is 23.9. The molecule has 0 unspecified atom stereocenters. The predicted octanol–water partition coefficient (Wildman–Crippen LogP) is 7.84. The minimum atomic E-state index is 0.590. The summed E-state index contributed by atoms with van der Waals surface area (Å²) in [6.07, 6.45) is 3.82. The van der Waals surface area contributed by atoms with Gasteiger partial charge in [-0.3, -0.25) is 0 Å². The van der Waals surface area contributed by atoms with Crippen molar-refractivity contribution in [1.29, 1.82) is 0 Å². The number of anilines is 2. The van der Waals surface area contributed by atoms with E-state index in [1.54, 1.807) is 6.20 Å². The van der Waals surface area contributed by atoms with Gasteiger partial charge in [-0.25, -0.2) is 4.98 Å². The fourth-order valence-electron chi connectivity index (χ4n) is 6.35. The number of aromatic nitrogens is 1. The summed E-state index contributed by atoms with van der Waals surface area (Å²) in [5.41, 5.74) is 8.50. The summed E-state index contributed by atoms with van der Waals surface area (Å²) >= 11 is 0. The number of fused-ring (bicyclic) bond motifs is 7. The number of furan rings is 2. The Kier molecular flexibility index (Phi) is 5.19. The van der Waals surface area contributed by atoms with Crippen LogP contribution < -0.4 is 20.9 Å². The average molecular weight is 556 g/mol. The molecule has 0 aliphatic carbocycles. The zero-order valence-corrected chi connectivity index (χ0v) is 23.1. The van der Waals surface area contributed by atoms with Crippen LogP contribution in [0.25, 0.3) is 66.8 Å².